The third-order valence-electron chi connectivity index (χ3n) is 2.49. The first-order valence-electron chi connectivity index (χ1n) is 6.23. The molecule has 0 atom stereocenters. The molecule has 0 saturated heterocycles. The Hall–Kier alpha value is -1.33. The Bertz CT molecular complexity index is 393. The van der Waals surface area contributed by atoms with E-state index in [9.17, 15) is 0 Å². The largest absolute Gasteiger partial charge is 3.00 e. The molecule has 0 fully saturated rings. The summed E-state index contributed by atoms with van der Waals surface area (Å²) >= 11 is 0. The van der Waals surface area contributed by atoms with Gasteiger partial charge in [0.2, 0.25) is 0 Å². The molecule has 0 aliphatic heterocycles. The molecule has 1 radical (unpaired) electrons. The van der Waals surface area contributed by atoms with Crippen LogP contribution in [0.25, 0.3) is 0 Å². The molecule has 0 N–H and O–H groups in total. The second-order valence-electron chi connectivity index (χ2n) is 4.39. The topological polar surface area (TPSA) is 0 Å². The Morgan fingerprint density at radius 3 is 0.632 bits per heavy atom. The maximum Gasteiger partial charge on any atom is 3.00 e. The SMILES string of the molecule is C[c-]1cccc1.C[c-]1cccc1.C[c-]1cccc1.[Ru+3]. The third-order valence-corrected chi connectivity index (χ3v) is 2.49. The first kappa shape index (κ1) is 17.7. The molecule has 0 nitrogen and oxygen atoms in total. The molecular weight excluding hydrogens is 317 g/mol. The first-order chi connectivity index (χ1) is 8.68. The van der Waals surface area contributed by atoms with Crippen molar-refractivity contribution in [1.29, 1.82) is 0 Å². The van der Waals surface area contributed by atoms with Gasteiger partial charge in [-0.05, 0) is 0 Å². The van der Waals surface area contributed by atoms with Crippen LogP contribution in [0.5, 0.6) is 0 Å². The van der Waals surface area contributed by atoms with Crippen LogP contribution in [0.15, 0.2) is 72.8 Å². The number of aryl methyl sites for hydroxylation is 3. The molecule has 3 rings (SSSR count). The van der Waals surface area contributed by atoms with Gasteiger partial charge in [0.15, 0.2) is 0 Å². The Morgan fingerprint density at radius 2 is 0.579 bits per heavy atom. The fraction of sp³-hybridized carbons (Fsp3) is 0.167. The molecule has 0 saturated carbocycles. The van der Waals surface area contributed by atoms with Gasteiger partial charge in [0.1, 0.15) is 0 Å². The van der Waals surface area contributed by atoms with Crippen LogP contribution in [-0.4, -0.2) is 0 Å². The molecule has 0 aromatic heterocycles. The molecule has 0 heterocycles. The van der Waals surface area contributed by atoms with Gasteiger partial charge in [-0.2, -0.15) is 53.1 Å². The van der Waals surface area contributed by atoms with Gasteiger partial charge in [0, 0.05) is 0 Å². The van der Waals surface area contributed by atoms with Gasteiger partial charge in [-0.3, -0.25) is 0 Å². The predicted molar refractivity (Wildman–Crippen MR) is 80.3 cm³/mol. The van der Waals surface area contributed by atoms with Gasteiger partial charge < -0.3 is 0 Å². The van der Waals surface area contributed by atoms with Gasteiger partial charge in [-0.15, -0.1) is 0 Å². The van der Waals surface area contributed by atoms with Crippen molar-refractivity contribution in [2.24, 2.45) is 0 Å². The van der Waals surface area contributed by atoms with Crippen LogP contribution >= 0.6 is 0 Å². The number of rotatable bonds is 0. The van der Waals surface area contributed by atoms with E-state index in [2.05, 4.69) is 57.2 Å². The summed E-state index contributed by atoms with van der Waals surface area (Å²) in [6.07, 6.45) is 0. The Morgan fingerprint density at radius 1 is 0.421 bits per heavy atom. The smallest absolute Gasteiger partial charge is 0.213 e. The fourth-order valence-corrected chi connectivity index (χ4v) is 1.41. The van der Waals surface area contributed by atoms with E-state index in [1.54, 1.807) is 0 Å². The van der Waals surface area contributed by atoms with Crippen molar-refractivity contribution >= 4 is 0 Å². The van der Waals surface area contributed by atoms with Crippen LogP contribution in [0.2, 0.25) is 0 Å². The zero-order valence-corrected chi connectivity index (χ0v) is 13.5. The summed E-state index contributed by atoms with van der Waals surface area (Å²) in [5, 5.41) is 0. The Balaban J connectivity index is 0.000000249. The Labute approximate surface area is 130 Å². The molecule has 101 valence electrons. The van der Waals surface area contributed by atoms with Gasteiger partial charge >= 0.3 is 19.5 Å². The van der Waals surface area contributed by atoms with E-state index in [4.69, 9.17) is 0 Å². The second-order valence-corrected chi connectivity index (χ2v) is 4.39. The zero-order valence-electron chi connectivity index (χ0n) is 11.8. The van der Waals surface area contributed by atoms with Crippen LogP contribution in [0.4, 0.5) is 0 Å². The molecule has 0 unspecified atom stereocenters. The maximum absolute atomic E-state index is 2.08. The molecule has 0 amide bonds. The minimum absolute atomic E-state index is 0. The molecule has 0 aliphatic carbocycles. The minimum atomic E-state index is 0. The second kappa shape index (κ2) is 10.6. The molecule has 0 spiro atoms. The van der Waals surface area contributed by atoms with E-state index in [1.165, 1.54) is 16.7 Å². The summed E-state index contributed by atoms with van der Waals surface area (Å²) in [4.78, 5) is 0. The summed E-state index contributed by atoms with van der Waals surface area (Å²) in [5.41, 5.74) is 4.03. The van der Waals surface area contributed by atoms with Gasteiger partial charge in [-0.25, -0.2) is 36.4 Å². The van der Waals surface area contributed by atoms with Crippen molar-refractivity contribution in [3.63, 3.8) is 0 Å². The molecule has 0 aliphatic rings. The van der Waals surface area contributed by atoms with E-state index in [-0.39, 0.29) is 19.5 Å². The van der Waals surface area contributed by atoms with E-state index in [1.807, 2.05) is 36.4 Å². The van der Waals surface area contributed by atoms with Crippen molar-refractivity contribution in [2.75, 3.05) is 0 Å². The number of hydrogen-bond acceptors (Lipinski definition) is 0. The molecule has 3 aromatic carbocycles. The molecular formula is C18H21Ru. The van der Waals surface area contributed by atoms with Crippen LogP contribution in [0.1, 0.15) is 16.7 Å². The first-order valence-corrected chi connectivity index (χ1v) is 6.23. The summed E-state index contributed by atoms with van der Waals surface area (Å²) in [7, 11) is 0. The van der Waals surface area contributed by atoms with E-state index in [0.717, 1.165) is 0 Å². The summed E-state index contributed by atoms with van der Waals surface area (Å²) in [6.45, 7) is 6.25. The van der Waals surface area contributed by atoms with Crippen molar-refractivity contribution in [2.45, 2.75) is 20.8 Å². The van der Waals surface area contributed by atoms with Gasteiger partial charge in [0.05, 0.1) is 0 Å². The summed E-state index contributed by atoms with van der Waals surface area (Å²) in [5.74, 6) is 0. The van der Waals surface area contributed by atoms with E-state index < -0.39 is 0 Å². The van der Waals surface area contributed by atoms with Crippen LogP contribution in [-0.2, 0) is 19.5 Å². The predicted octanol–water partition coefficient (Wildman–Crippen LogP) is 5.14. The molecule has 1 heteroatoms. The number of hydrogen-bond donors (Lipinski definition) is 0. The van der Waals surface area contributed by atoms with Crippen molar-refractivity contribution < 1.29 is 19.5 Å². The van der Waals surface area contributed by atoms with E-state index >= 15 is 0 Å². The van der Waals surface area contributed by atoms with Crippen LogP contribution in [0.3, 0.4) is 0 Å². The average Bonchev–Trinajstić information content (AvgIpc) is 3.05. The van der Waals surface area contributed by atoms with Crippen molar-refractivity contribution in [1.82, 2.24) is 0 Å². The van der Waals surface area contributed by atoms with Crippen LogP contribution in [0, 0.1) is 20.8 Å². The molecule has 19 heavy (non-hydrogen) atoms. The average molecular weight is 338 g/mol. The maximum atomic E-state index is 2.08. The fourth-order valence-electron chi connectivity index (χ4n) is 1.41. The summed E-state index contributed by atoms with van der Waals surface area (Å²) < 4.78 is 0. The van der Waals surface area contributed by atoms with Crippen molar-refractivity contribution in [3.8, 4) is 0 Å². The minimum Gasteiger partial charge on any atom is -0.213 e. The standard InChI is InChI=1S/3C6H7.Ru/c3*1-6-4-2-3-5-6;/h3*2-5H,1H3;/q3*-1;+3. The summed E-state index contributed by atoms with van der Waals surface area (Å²) in [6, 6.07) is 24.7. The third kappa shape index (κ3) is 9.28. The quantitative estimate of drug-likeness (QED) is 0.393. The van der Waals surface area contributed by atoms with Gasteiger partial charge in [-0.1, -0.05) is 20.8 Å². The van der Waals surface area contributed by atoms with Crippen LogP contribution < -0.4 is 0 Å². The molecule has 3 aromatic rings. The van der Waals surface area contributed by atoms with Gasteiger partial charge in [0.25, 0.3) is 0 Å². The normalized spacial score (nSPS) is 8.37. The van der Waals surface area contributed by atoms with E-state index in [0.29, 0.717) is 0 Å². The molecule has 0 bridgehead atoms. The Kier molecular flexibility index (Phi) is 9.84. The zero-order chi connectivity index (χ0) is 13.2. The van der Waals surface area contributed by atoms with Crippen molar-refractivity contribution in [3.05, 3.63) is 89.5 Å². The monoisotopic (exact) mass is 339 g/mol.